The van der Waals surface area contributed by atoms with Gasteiger partial charge in [0.2, 0.25) is 11.8 Å². The van der Waals surface area contributed by atoms with Gasteiger partial charge in [0.1, 0.15) is 5.54 Å². The number of likely N-dealkylation sites (tertiary alicyclic amines) is 1. The lowest BCUT2D eigenvalue weighted by Crippen LogP contribution is -2.76. The Labute approximate surface area is 144 Å². The number of nitrogens with one attached hydrogen (secondary N) is 1. The summed E-state index contributed by atoms with van der Waals surface area (Å²) in [5.41, 5.74) is 5.06. The summed E-state index contributed by atoms with van der Waals surface area (Å²) in [5.74, 6) is 0.0246. The van der Waals surface area contributed by atoms with Crippen LogP contribution in [0.5, 0.6) is 0 Å². The summed E-state index contributed by atoms with van der Waals surface area (Å²) in [6, 6.07) is -0.100. The van der Waals surface area contributed by atoms with Crippen molar-refractivity contribution < 1.29 is 14.3 Å². The molecular weight excluding hydrogens is 318 g/mol. The van der Waals surface area contributed by atoms with Crippen molar-refractivity contribution >= 4 is 24.2 Å². The molecule has 3 N–H and O–H groups in total. The molecule has 2 aliphatic rings. The van der Waals surface area contributed by atoms with E-state index in [0.717, 1.165) is 13.0 Å². The second-order valence-corrected chi connectivity index (χ2v) is 7.16. The van der Waals surface area contributed by atoms with E-state index in [1.807, 2.05) is 32.6 Å². The Kier molecular flexibility index (Phi) is 6.47. The third-order valence-corrected chi connectivity index (χ3v) is 5.28. The standard InChI is InChI=1S/C16H29N3O3.ClH/c1-5-22-12-9-16(17,15(12,3)4)14(21)18-11(2)10-19-8-6-7-13(19)20;/h11-12H,5-10,17H2,1-4H3,(H,18,21);1H. The first-order chi connectivity index (χ1) is 10.2. The van der Waals surface area contributed by atoms with E-state index < -0.39 is 11.0 Å². The van der Waals surface area contributed by atoms with E-state index in [1.54, 1.807) is 0 Å². The zero-order valence-corrected chi connectivity index (χ0v) is 15.4. The lowest BCUT2D eigenvalue weighted by atomic mass is 9.54. The first kappa shape index (κ1) is 20.2. The van der Waals surface area contributed by atoms with Gasteiger partial charge in [0.15, 0.2) is 0 Å². The van der Waals surface area contributed by atoms with Gasteiger partial charge in [0.25, 0.3) is 0 Å². The number of rotatable bonds is 6. The van der Waals surface area contributed by atoms with Crippen LogP contribution in [0.15, 0.2) is 0 Å². The van der Waals surface area contributed by atoms with E-state index in [0.29, 0.717) is 26.0 Å². The zero-order valence-electron chi connectivity index (χ0n) is 14.6. The molecule has 6 nitrogen and oxygen atoms in total. The van der Waals surface area contributed by atoms with Gasteiger partial charge in [-0.05, 0) is 20.3 Å². The van der Waals surface area contributed by atoms with Gasteiger partial charge in [-0.1, -0.05) is 13.8 Å². The predicted molar refractivity (Wildman–Crippen MR) is 91.4 cm³/mol. The van der Waals surface area contributed by atoms with Gasteiger partial charge in [-0.3, -0.25) is 9.59 Å². The fraction of sp³-hybridized carbons (Fsp3) is 0.875. The van der Waals surface area contributed by atoms with Crippen molar-refractivity contribution in [1.29, 1.82) is 0 Å². The highest BCUT2D eigenvalue weighted by atomic mass is 35.5. The van der Waals surface area contributed by atoms with Gasteiger partial charge < -0.3 is 20.7 Å². The Morgan fingerprint density at radius 2 is 2.17 bits per heavy atom. The van der Waals surface area contributed by atoms with Gasteiger partial charge in [-0.15, -0.1) is 12.4 Å². The van der Waals surface area contributed by atoms with E-state index in [9.17, 15) is 9.59 Å². The van der Waals surface area contributed by atoms with Gasteiger partial charge in [0, 0.05) is 44.0 Å². The lowest BCUT2D eigenvalue weighted by Gasteiger charge is -2.57. The van der Waals surface area contributed by atoms with E-state index >= 15 is 0 Å². The van der Waals surface area contributed by atoms with Crippen LogP contribution in [0.1, 0.15) is 47.0 Å². The van der Waals surface area contributed by atoms with Crippen LogP contribution in [-0.2, 0) is 14.3 Å². The van der Waals surface area contributed by atoms with Crippen LogP contribution in [0.4, 0.5) is 0 Å². The lowest BCUT2D eigenvalue weighted by molar-refractivity contribution is -0.171. The van der Waals surface area contributed by atoms with Crippen LogP contribution in [0.25, 0.3) is 0 Å². The van der Waals surface area contributed by atoms with E-state index in [-0.39, 0.29) is 36.4 Å². The minimum Gasteiger partial charge on any atom is -0.378 e. The molecule has 0 aromatic rings. The minimum atomic E-state index is -0.907. The van der Waals surface area contributed by atoms with Crippen LogP contribution in [-0.4, -0.2) is 54.1 Å². The Hall–Kier alpha value is -0.850. The summed E-state index contributed by atoms with van der Waals surface area (Å²) in [5, 5.41) is 2.97. The third kappa shape index (κ3) is 3.64. The summed E-state index contributed by atoms with van der Waals surface area (Å²) in [7, 11) is 0. The molecule has 0 aromatic heterocycles. The van der Waals surface area contributed by atoms with E-state index in [2.05, 4.69) is 5.32 Å². The highest BCUT2D eigenvalue weighted by Crippen LogP contribution is 2.49. The molecule has 7 heteroatoms. The molecule has 2 fully saturated rings. The summed E-state index contributed by atoms with van der Waals surface area (Å²) in [6.07, 6.45) is 2.08. The Morgan fingerprint density at radius 1 is 1.52 bits per heavy atom. The average molecular weight is 348 g/mol. The SMILES string of the molecule is CCOC1CC(N)(C(=O)NC(C)CN2CCCC2=O)C1(C)C.Cl. The molecule has 1 saturated heterocycles. The van der Waals surface area contributed by atoms with Crippen molar-refractivity contribution in [2.45, 2.75) is 64.6 Å². The van der Waals surface area contributed by atoms with Gasteiger partial charge in [-0.25, -0.2) is 0 Å². The average Bonchev–Trinajstić information content (AvgIpc) is 2.83. The fourth-order valence-electron chi connectivity index (χ4n) is 3.45. The largest absolute Gasteiger partial charge is 0.378 e. The number of halogens is 1. The van der Waals surface area contributed by atoms with Crippen LogP contribution >= 0.6 is 12.4 Å². The molecule has 0 radical (unpaired) electrons. The van der Waals surface area contributed by atoms with E-state index in [4.69, 9.17) is 10.5 Å². The van der Waals surface area contributed by atoms with Gasteiger partial charge >= 0.3 is 0 Å². The molecule has 134 valence electrons. The van der Waals surface area contributed by atoms with Crippen LogP contribution < -0.4 is 11.1 Å². The molecule has 0 bridgehead atoms. The van der Waals surface area contributed by atoms with Crippen LogP contribution in [0.2, 0.25) is 0 Å². The molecular formula is C16H30ClN3O3. The topological polar surface area (TPSA) is 84.7 Å². The Morgan fingerprint density at radius 3 is 2.65 bits per heavy atom. The number of amides is 2. The zero-order chi connectivity index (χ0) is 16.5. The Balaban J connectivity index is 0.00000264. The maximum absolute atomic E-state index is 12.6. The smallest absolute Gasteiger partial charge is 0.241 e. The van der Waals surface area contributed by atoms with Gasteiger partial charge in [0.05, 0.1) is 6.10 Å². The first-order valence-corrected chi connectivity index (χ1v) is 8.21. The highest BCUT2D eigenvalue weighted by Gasteiger charge is 2.62. The highest BCUT2D eigenvalue weighted by molar-refractivity contribution is 5.89. The quantitative estimate of drug-likeness (QED) is 0.752. The molecule has 1 saturated carbocycles. The van der Waals surface area contributed by atoms with Crippen molar-refractivity contribution in [1.82, 2.24) is 10.2 Å². The number of nitrogens with two attached hydrogens (primary N) is 1. The maximum Gasteiger partial charge on any atom is 0.241 e. The number of nitrogens with zero attached hydrogens (tertiary/aromatic N) is 1. The fourth-order valence-corrected chi connectivity index (χ4v) is 3.45. The minimum absolute atomic E-state index is 0. The number of ether oxygens (including phenoxy) is 1. The van der Waals surface area contributed by atoms with Crippen molar-refractivity contribution in [2.24, 2.45) is 11.1 Å². The van der Waals surface area contributed by atoms with Crippen molar-refractivity contribution in [2.75, 3.05) is 19.7 Å². The molecule has 2 rings (SSSR count). The molecule has 1 aliphatic heterocycles. The molecule has 2 amide bonds. The van der Waals surface area contributed by atoms with Crippen molar-refractivity contribution in [3.05, 3.63) is 0 Å². The van der Waals surface area contributed by atoms with Crippen molar-refractivity contribution in [3.8, 4) is 0 Å². The third-order valence-electron chi connectivity index (χ3n) is 5.28. The number of hydrogen-bond donors (Lipinski definition) is 2. The molecule has 1 aliphatic carbocycles. The maximum atomic E-state index is 12.6. The summed E-state index contributed by atoms with van der Waals surface area (Å²) < 4.78 is 5.65. The number of carbonyl (C=O) groups is 2. The molecule has 3 atom stereocenters. The summed E-state index contributed by atoms with van der Waals surface area (Å²) in [4.78, 5) is 26.0. The molecule has 0 spiro atoms. The van der Waals surface area contributed by atoms with Crippen LogP contribution in [0, 0.1) is 5.41 Å². The predicted octanol–water partition coefficient (Wildman–Crippen LogP) is 1.07. The normalized spacial score (nSPS) is 30.4. The second kappa shape index (κ2) is 7.36. The van der Waals surface area contributed by atoms with Crippen LogP contribution in [0.3, 0.4) is 0 Å². The first-order valence-electron chi connectivity index (χ1n) is 8.21. The number of carbonyl (C=O) groups excluding carboxylic acids is 2. The molecule has 1 heterocycles. The summed E-state index contributed by atoms with van der Waals surface area (Å²) in [6.45, 7) is 9.77. The monoisotopic (exact) mass is 347 g/mol. The molecule has 0 aromatic carbocycles. The van der Waals surface area contributed by atoms with Gasteiger partial charge in [-0.2, -0.15) is 0 Å². The second-order valence-electron chi connectivity index (χ2n) is 7.16. The molecule has 23 heavy (non-hydrogen) atoms. The summed E-state index contributed by atoms with van der Waals surface area (Å²) >= 11 is 0. The number of hydrogen-bond acceptors (Lipinski definition) is 4. The Bertz CT molecular complexity index is 458. The molecule has 3 unspecified atom stereocenters. The van der Waals surface area contributed by atoms with E-state index in [1.165, 1.54) is 0 Å². The van der Waals surface area contributed by atoms with Crippen molar-refractivity contribution in [3.63, 3.8) is 0 Å².